The number of hydrogen-bond acceptors (Lipinski definition) is 6. The first-order chi connectivity index (χ1) is 16.3. The van der Waals surface area contributed by atoms with Crippen LogP contribution in [0, 0.1) is 0 Å². The van der Waals surface area contributed by atoms with Crippen LogP contribution in [0.3, 0.4) is 0 Å². The SMILES string of the molecule is O=C1CN(S(=O)(=O)c2ccc3cc(Br)ccc3c2)CCN1C1(O)CCN(c2ccncc2)CC1. The molecule has 3 aromatic rings. The van der Waals surface area contributed by atoms with Crippen molar-refractivity contribution in [2.45, 2.75) is 23.5 Å². The van der Waals surface area contributed by atoms with E-state index in [0.717, 1.165) is 20.9 Å². The third-order valence-electron chi connectivity index (χ3n) is 6.69. The molecule has 0 atom stereocenters. The van der Waals surface area contributed by atoms with Gasteiger partial charge in [-0.15, -0.1) is 0 Å². The highest BCUT2D eigenvalue weighted by Gasteiger charge is 2.44. The van der Waals surface area contributed by atoms with Gasteiger partial charge in [-0.2, -0.15) is 4.31 Å². The predicted molar refractivity (Wildman–Crippen MR) is 133 cm³/mol. The summed E-state index contributed by atoms with van der Waals surface area (Å²) in [6, 6.07) is 14.5. The van der Waals surface area contributed by atoms with Crippen molar-refractivity contribution in [3.63, 3.8) is 0 Å². The number of amides is 1. The Labute approximate surface area is 207 Å². The number of hydrogen-bond donors (Lipinski definition) is 1. The highest BCUT2D eigenvalue weighted by Crippen LogP contribution is 2.32. The van der Waals surface area contributed by atoms with Crippen LogP contribution in [0.15, 0.2) is 70.3 Å². The second kappa shape index (κ2) is 8.92. The summed E-state index contributed by atoms with van der Waals surface area (Å²) >= 11 is 3.42. The lowest BCUT2D eigenvalue weighted by Gasteiger charge is -2.48. The molecular weight excluding hydrogens is 520 g/mol. The predicted octanol–water partition coefficient (Wildman–Crippen LogP) is 2.82. The molecule has 2 aliphatic heterocycles. The van der Waals surface area contributed by atoms with Crippen LogP contribution < -0.4 is 4.90 Å². The molecule has 1 aromatic heterocycles. The van der Waals surface area contributed by atoms with E-state index in [1.54, 1.807) is 30.6 Å². The van der Waals surface area contributed by atoms with Crippen LogP contribution in [0.4, 0.5) is 5.69 Å². The Morgan fingerprint density at radius 2 is 1.59 bits per heavy atom. The van der Waals surface area contributed by atoms with E-state index in [9.17, 15) is 18.3 Å². The smallest absolute Gasteiger partial charge is 0.243 e. The maximum absolute atomic E-state index is 13.3. The number of aromatic nitrogens is 1. The summed E-state index contributed by atoms with van der Waals surface area (Å²) in [5.74, 6) is -0.376. The topological polar surface area (TPSA) is 94.0 Å². The fraction of sp³-hybridized carbons (Fsp3) is 0.333. The average molecular weight is 545 g/mol. The third kappa shape index (κ3) is 4.31. The van der Waals surface area contributed by atoms with Crippen molar-refractivity contribution in [2.24, 2.45) is 0 Å². The number of sulfonamides is 1. The Hall–Kier alpha value is -2.53. The summed E-state index contributed by atoms with van der Waals surface area (Å²) < 4.78 is 28.7. The lowest BCUT2D eigenvalue weighted by atomic mass is 9.97. The molecule has 3 heterocycles. The second-order valence-electron chi connectivity index (χ2n) is 8.71. The molecule has 0 aliphatic carbocycles. The largest absolute Gasteiger partial charge is 0.371 e. The lowest BCUT2D eigenvalue weighted by Crippen LogP contribution is -2.63. The average Bonchev–Trinajstić information content (AvgIpc) is 2.84. The number of benzene rings is 2. The number of piperidine rings is 1. The molecule has 2 aromatic carbocycles. The summed E-state index contributed by atoms with van der Waals surface area (Å²) in [7, 11) is -3.84. The van der Waals surface area contributed by atoms with E-state index >= 15 is 0 Å². The highest BCUT2D eigenvalue weighted by molar-refractivity contribution is 9.10. The number of carbonyl (C=O) groups is 1. The number of pyridine rings is 1. The molecule has 0 saturated carbocycles. The number of carbonyl (C=O) groups excluding carboxylic acids is 1. The van der Waals surface area contributed by atoms with Crippen LogP contribution in [-0.2, 0) is 14.8 Å². The number of nitrogens with zero attached hydrogens (tertiary/aromatic N) is 4. The summed E-state index contributed by atoms with van der Waals surface area (Å²) in [6.07, 6.45) is 4.25. The molecule has 178 valence electrons. The van der Waals surface area contributed by atoms with Crippen molar-refractivity contribution in [2.75, 3.05) is 37.6 Å². The fourth-order valence-corrected chi connectivity index (χ4v) is 6.54. The number of anilines is 1. The molecule has 1 amide bonds. The summed E-state index contributed by atoms with van der Waals surface area (Å²) in [5, 5.41) is 13.0. The number of halogens is 1. The first-order valence-corrected chi connectivity index (χ1v) is 13.4. The minimum Gasteiger partial charge on any atom is -0.371 e. The highest BCUT2D eigenvalue weighted by atomic mass is 79.9. The number of rotatable bonds is 4. The molecule has 2 saturated heterocycles. The van der Waals surface area contributed by atoms with Crippen LogP contribution >= 0.6 is 15.9 Å². The van der Waals surface area contributed by atoms with E-state index in [4.69, 9.17) is 0 Å². The minimum absolute atomic E-state index is 0.142. The van der Waals surface area contributed by atoms with Crippen molar-refractivity contribution < 1.29 is 18.3 Å². The van der Waals surface area contributed by atoms with Gasteiger partial charge in [-0.3, -0.25) is 9.78 Å². The summed E-state index contributed by atoms with van der Waals surface area (Å²) in [6.45, 7) is 1.21. The third-order valence-corrected chi connectivity index (χ3v) is 9.03. The zero-order valence-corrected chi connectivity index (χ0v) is 20.9. The molecule has 2 aliphatic rings. The maximum atomic E-state index is 13.3. The van der Waals surface area contributed by atoms with Crippen molar-refractivity contribution in [1.82, 2.24) is 14.2 Å². The molecular formula is C24H25BrN4O4S. The molecule has 0 bridgehead atoms. The van der Waals surface area contributed by atoms with Gasteiger partial charge in [0.25, 0.3) is 0 Å². The normalized spacial score (nSPS) is 19.5. The van der Waals surface area contributed by atoms with Gasteiger partial charge in [0.15, 0.2) is 0 Å². The van der Waals surface area contributed by atoms with E-state index in [1.165, 1.54) is 9.21 Å². The van der Waals surface area contributed by atoms with Crippen LogP contribution in [0.5, 0.6) is 0 Å². The minimum atomic E-state index is -3.84. The van der Waals surface area contributed by atoms with Gasteiger partial charge in [0.2, 0.25) is 15.9 Å². The van der Waals surface area contributed by atoms with Crippen LogP contribution in [0.25, 0.3) is 10.8 Å². The number of piperazine rings is 1. The van der Waals surface area contributed by atoms with Gasteiger partial charge < -0.3 is 14.9 Å². The molecule has 1 N–H and O–H groups in total. The van der Waals surface area contributed by atoms with Crippen molar-refractivity contribution in [3.8, 4) is 0 Å². The Bertz CT molecular complexity index is 1330. The molecule has 5 rings (SSSR count). The Kier molecular flexibility index (Phi) is 6.09. The zero-order valence-electron chi connectivity index (χ0n) is 18.5. The van der Waals surface area contributed by atoms with Crippen LogP contribution in [-0.4, -0.2) is 72.1 Å². The quantitative estimate of drug-likeness (QED) is 0.542. The van der Waals surface area contributed by atoms with Crippen molar-refractivity contribution >= 4 is 48.3 Å². The van der Waals surface area contributed by atoms with Gasteiger partial charge >= 0.3 is 0 Å². The first kappa shape index (κ1) is 23.2. The van der Waals surface area contributed by atoms with E-state index in [2.05, 4.69) is 25.8 Å². The van der Waals surface area contributed by atoms with Gasteiger partial charge in [-0.25, -0.2) is 8.42 Å². The van der Waals surface area contributed by atoms with Crippen LogP contribution in [0.1, 0.15) is 12.8 Å². The molecule has 10 heteroatoms. The van der Waals surface area contributed by atoms with E-state index < -0.39 is 15.7 Å². The summed E-state index contributed by atoms with van der Waals surface area (Å²) in [5.41, 5.74) is -0.241. The van der Waals surface area contributed by atoms with E-state index in [-0.39, 0.29) is 30.4 Å². The fourth-order valence-electron chi connectivity index (χ4n) is 4.75. The van der Waals surface area contributed by atoms with Gasteiger partial charge in [-0.1, -0.05) is 28.1 Å². The molecule has 0 spiro atoms. The molecule has 2 fully saturated rings. The summed E-state index contributed by atoms with van der Waals surface area (Å²) in [4.78, 5) is 20.8. The van der Waals surface area contributed by atoms with Gasteiger partial charge in [0.1, 0.15) is 5.72 Å². The first-order valence-electron chi connectivity index (χ1n) is 11.1. The monoisotopic (exact) mass is 544 g/mol. The molecule has 34 heavy (non-hydrogen) atoms. The Morgan fingerprint density at radius 1 is 0.912 bits per heavy atom. The van der Waals surface area contributed by atoms with Gasteiger partial charge in [0, 0.05) is 61.6 Å². The Balaban J connectivity index is 1.28. The standard InChI is InChI=1S/C24H25BrN4O4S/c25-20-3-1-19-16-22(4-2-18(19)15-20)34(32,33)28-13-14-29(23(30)17-28)24(31)7-11-27(12-8-24)21-5-9-26-10-6-21/h1-6,9-10,15-16,31H,7-8,11-14,17H2. The van der Waals surface area contributed by atoms with E-state index in [1.807, 2.05) is 30.3 Å². The molecule has 8 nitrogen and oxygen atoms in total. The Morgan fingerprint density at radius 3 is 2.29 bits per heavy atom. The van der Waals surface area contributed by atoms with Crippen LogP contribution in [0.2, 0.25) is 0 Å². The molecule has 0 radical (unpaired) electrons. The van der Waals surface area contributed by atoms with Crippen molar-refractivity contribution in [3.05, 3.63) is 65.4 Å². The number of fused-ring (bicyclic) bond motifs is 1. The zero-order chi connectivity index (χ0) is 23.9. The molecule has 0 unspecified atom stereocenters. The second-order valence-corrected chi connectivity index (χ2v) is 11.6. The maximum Gasteiger partial charge on any atom is 0.243 e. The lowest BCUT2D eigenvalue weighted by molar-refractivity contribution is -0.170. The van der Waals surface area contributed by atoms with E-state index in [0.29, 0.717) is 25.9 Å². The van der Waals surface area contributed by atoms with Gasteiger partial charge in [-0.05, 0) is 47.2 Å². The van der Waals surface area contributed by atoms with Crippen molar-refractivity contribution in [1.29, 1.82) is 0 Å². The number of aliphatic hydroxyl groups is 1. The van der Waals surface area contributed by atoms with Gasteiger partial charge in [0.05, 0.1) is 11.4 Å².